The summed E-state index contributed by atoms with van der Waals surface area (Å²) in [5, 5.41) is 3.10. The normalized spacial score (nSPS) is 27.6. The third-order valence-electron chi connectivity index (χ3n) is 6.78. The molecule has 4 fully saturated rings. The van der Waals surface area contributed by atoms with Crippen molar-refractivity contribution in [3.05, 3.63) is 29.8 Å². The molecule has 2 amide bonds. The number of ether oxygens (including phenoxy) is 1. The predicted molar refractivity (Wildman–Crippen MR) is 111 cm³/mol. The van der Waals surface area contributed by atoms with E-state index in [-0.39, 0.29) is 6.03 Å². The van der Waals surface area contributed by atoms with Crippen LogP contribution in [0.15, 0.2) is 24.3 Å². The number of hydrogen-bond donors (Lipinski definition) is 1. The summed E-state index contributed by atoms with van der Waals surface area (Å²) < 4.78 is 5.39. The van der Waals surface area contributed by atoms with Gasteiger partial charge in [0.2, 0.25) is 0 Å². The minimum atomic E-state index is 0.0913. The Morgan fingerprint density at radius 3 is 2.54 bits per heavy atom. The van der Waals surface area contributed by atoms with Crippen molar-refractivity contribution in [1.29, 1.82) is 0 Å². The Hall–Kier alpha value is -1.79. The number of carbonyl (C=O) groups is 1. The summed E-state index contributed by atoms with van der Waals surface area (Å²) in [6.07, 6.45) is 4.55. The fraction of sp³-hybridized carbons (Fsp3) is 0.682. The van der Waals surface area contributed by atoms with E-state index in [1.165, 1.54) is 38.0 Å². The minimum Gasteiger partial charge on any atom is -0.496 e. The molecule has 0 spiro atoms. The first-order valence-electron chi connectivity index (χ1n) is 10.9. The van der Waals surface area contributed by atoms with Gasteiger partial charge in [0, 0.05) is 45.3 Å². The van der Waals surface area contributed by atoms with E-state index < -0.39 is 0 Å². The van der Waals surface area contributed by atoms with Crippen LogP contribution in [0.1, 0.15) is 24.8 Å². The number of carbonyl (C=O) groups excluding carboxylic acids is 1. The molecule has 1 atom stereocenters. The lowest BCUT2D eigenvalue weighted by molar-refractivity contribution is -0.0103. The van der Waals surface area contributed by atoms with Crippen LogP contribution in [0.5, 0.6) is 5.75 Å². The zero-order valence-corrected chi connectivity index (χ0v) is 17.1. The number of rotatable bonds is 6. The van der Waals surface area contributed by atoms with Gasteiger partial charge < -0.3 is 19.9 Å². The lowest BCUT2D eigenvalue weighted by atomic mass is 9.83. The number of amides is 2. The van der Waals surface area contributed by atoms with Crippen LogP contribution >= 0.6 is 0 Å². The third-order valence-corrected chi connectivity index (χ3v) is 6.78. The van der Waals surface area contributed by atoms with Crippen molar-refractivity contribution in [2.24, 2.45) is 5.92 Å². The summed E-state index contributed by atoms with van der Waals surface area (Å²) >= 11 is 0. The summed E-state index contributed by atoms with van der Waals surface area (Å²) in [6, 6.07) is 8.91. The number of nitrogens with zero attached hydrogens (tertiary/aromatic N) is 3. The molecule has 4 heterocycles. The summed E-state index contributed by atoms with van der Waals surface area (Å²) in [4.78, 5) is 19.8. The van der Waals surface area contributed by atoms with Crippen LogP contribution in [0.25, 0.3) is 0 Å². The van der Waals surface area contributed by atoms with E-state index >= 15 is 0 Å². The van der Waals surface area contributed by atoms with Crippen LogP contribution < -0.4 is 10.1 Å². The average molecular weight is 387 g/mol. The van der Waals surface area contributed by atoms with E-state index in [0.717, 1.165) is 50.7 Å². The quantitative estimate of drug-likeness (QED) is 0.761. The number of nitrogens with one attached hydrogen (secondary N) is 1. The molecule has 28 heavy (non-hydrogen) atoms. The molecule has 1 unspecified atom stereocenters. The highest BCUT2D eigenvalue weighted by Crippen LogP contribution is 2.31. The van der Waals surface area contributed by atoms with Crippen molar-refractivity contribution < 1.29 is 9.53 Å². The van der Waals surface area contributed by atoms with Gasteiger partial charge in [-0.2, -0.15) is 0 Å². The molecule has 2 bridgehead atoms. The van der Waals surface area contributed by atoms with Crippen molar-refractivity contribution >= 4 is 6.03 Å². The molecule has 0 aliphatic carbocycles. The smallest absolute Gasteiger partial charge is 0.317 e. The van der Waals surface area contributed by atoms with Gasteiger partial charge in [-0.15, -0.1) is 0 Å². The van der Waals surface area contributed by atoms with E-state index in [9.17, 15) is 4.79 Å². The van der Waals surface area contributed by atoms with Crippen molar-refractivity contribution in [1.82, 2.24) is 20.0 Å². The molecule has 4 saturated heterocycles. The number of fused-ring (bicyclic) bond motifs is 3. The first-order chi connectivity index (χ1) is 13.7. The number of piperazine rings is 1. The highest BCUT2D eigenvalue weighted by Gasteiger charge is 2.38. The van der Waals surface area contributed by atoms with Gasteiger partial charge in [-0.25, -0.2) is 4.79 Å². The highest BCUT2D eigenvalue weighted by atomic mass is 16.5. The van der Waals surface area contributed by atoms with Gasteiger partial charge in [0.25, 0.3) is 0 Å². The Balaban J connectivity index is 1.16. The summed E-state index contributed by atoms with van der Waals surface area (Å²) in [7, 11) is 1.70. The number of benzene rings is 1. The molecule has 5 rings (SSSR count). The number of para-hydroxylation sites is 1. The van der Waals surface area contributed by atoms with Gasteiger partial charge in [-0.3, -0.25) is 4.90 Å². The first-order valence-corrected chi connectivity index (χ1v) is 10.9. The highest BCUT2D eigenvalue weighted by molar-refractivity contribution is 5.74. The van der Waals surface area contributed by atoms with E-state index in [0.29, 0.717) is 12.6 Å². The van der Waals surface area contributed by atoms with E-state index in [2.05, 4.69) is 21.2 Å². The van der Waals surface area contributed by atoms with Gasteiger partial charge in [0.05, 0.1) is 7.11 Å². The molecule has 1 aromatic carbocycles. The zero-order valence-electron chi connectivity index (χ0n) is 17.1. The van der Waals surface area contributed by atoms with Crippen molar-refractivity contribution in [3.63, 3.8) is 0 Å². The van der Waals surface area contributed by atoms with E-state index in [1.807, 2.05) is 23.1 Å². The Bertz CT molecular complexity index is 652. The number of methoxy groups -OCH3 is 1. The van der Waals surface area contributed by atoms with Crippen molar-refractivity contribution in [2.75, 3.05) is 59.5 Å². The standard InChI is InChI=1S/C22H34N4O2/c1-28-21-7-3-2-5-19(21)6-4-10-23-22(27)26-15-13-25(14-16-26)20-17-24-11-8-18(20)9-12-24/h2-3,5,7,18,20H,4,6,8-17H2,1H3,(H,23,27). The molecule has 1 N–H and O–H groups in total. The second-order valence-corrected chi connectivity index (χ2v) is 8.38. The van der Waals surface area contributed by atoms with Crippen molar-refractivity contribution in [2.45, 2.75) is 31.7 Å². The molecular formula is C22H34N4O2. The molecule has 6 nitrogen and oxygen atoms in total. The fourth-order valence-corrected chi connectivity index (χ4v) is 5.10. The number of piperidine rings is 3. The minimum absolute atomic E-state index is 0.0913. The molecule has 4 aliphatic rings. The van der Waals surface area contributed by atoms with Crippen LogP contribution in [-0.2, 0) is 6.42 Å². The monoisotopic (exact) mass is 386 g/mol. The van der Waals surface area contributed by atoms with E-state index in [1.54, 1.807) is 7.11 Å². The van der Waals surface area contributed by atoms with Crippen LogP contribution in [0.3, 0.4) is 0 Å². The Morgan fingerprint density at radius 1 is 1.11 bits per heavy atom. The maximum atomic E-state index is 12.5. The maximum absolute atomic E-state index is 12.5. The van der Waals surface area contributed by atoms with E-state index in [4.69, 9.17) is 4.74 Å². The molecule has 6 heteroatoms. The maximum Gasteiger partial charge on any atom is 0.317 e. The number of hydrogen-bond acceptors (Lipinski definition) is 4. The third kappa shape index (κ3) is 4.44. The molecule has 1 aromatic rings. The van der Waals surface area contributed by atoms with Gasteiger partial charge in [0.1, 0.15) is 5.75 Å². The summed E-state index contributed by atoms with van der Waals surface area (Å²) in [6.45, 7) is 8.25. The fourth-order valence-electron chi connectivity index (χ4n) is 5.10. The first kappa shape index (κ1) is 19.5. The van der Waals surface area contributed by atoms with Gasteiger partial charge in [-0.05, 0) is 56.3 Å². The lowest BCUT2D eigenvalue weighted by Gasteiger charge is -2.50. The molecule has 0 saturated carbocycles. The second kappa shape index (κ2) is 9.14. The van der Waals surface area contributed by atoms with Crippen LogP contribution in [0, 0.1) is 5.92 Å². The van der Waals surface area contributed by atoms with Gasteiger partial charge in [-0.1, -0.05) is 18.2 Å². The topological polar surface area (TPSA) is 48.1 Å². The Kier molecular flexibility index (Phi) is 6.37. The zero-order chi connectivity index (χ0) is 19.3. The summed E-state index contributed by atoms with van der Waals surface area (Å²) in [5.41, 5.74) is 1.20. The Labute approximate surface area is 168 Å². The summed E-state index contributed by atoms with van der Waals surface area (Å²) in [5.74, 6) is 1.80. The van der Waals surface area contributed by atoms with Crippen LogP contribution in [-0.4, -0.2) is 86.2 Å². The largest absolute Gasteiger partial charge is 0.496 e. The van der Waals surface area contributed by atoms with Crippen LogP contribution in [0.2, 0.25) is 0 Å². The van der Waals surface area contributed by atoms with Gasteiger partial charge in [0.15, 0.2) is 0 Å². The van der Waals surface area contributed by atoms with Gasteiger partial charge >= 0.3 is 6.03 Å². The molecule has 0 aromatic heterocycles. The van der Waals surface area contributed by atoms with Crippen LogP contribution in [0.4, 0.5) is 4.79 Å². The average Bonchev–Trinajstić information content (AvgIpc) is 2.77. The second-order valence-electron chi connectivity index (χ2n) is 8.38. The molecule has 0 radical (unpaired) electrons. The molecule has 4 aliphatic heterocycles. The molecule has 154 valence electrons. The predicted octanol–water partition coefficient (Wildman–Crippen LogP) is 2.05. The van der Waals surface area contributed by atoms with Crippen molar-refractivity contribution in [3.8, 4) is 5.75 Å². The lowest BCUT2D eigenvalue weighted by Crippen LogP contribution is -2.62. The SMILES string of the molecule is COc1ccccc1CCCNC(=O)N1CCN(C2CN3CCC2CC3)CC1. The number of urea groups is 1. The number of aryl methyl sites for hydroxylation is 1. The Morgan fingerprint density at radius 2 is 1.86 bits per heavy atom. The molecular weight excluding hydrogens is 352 g/mol.